The van der Waals surface area contributed by atoms with E-state index in [-0.39, 0.29) is 0 Å². The first kappa shape index (κ1) is 14.6. The normalized spacial score (nSPS) is 12.3. The van der Waals surface area contributed by atoms with Crippen LogP contribution in [0.15, 0.2) is 24.5 Å². The zero-order valence-electron chi connectivity index (χ0n) is 11.5. The number of fused-ring (bicyclic) bond motifs is 1. The molecular weight excluding hydrogens is 274 g/mol. The number of aromatic nitrogens is 2. The van der Waals surface area contributed by atoms with Crippen molar-refractivity contribution in [3.05, 3.63) is 30.1 Å². The third-order valence-corrected chi connectivity index (χ3v) is 3.65. The first-order chi connectivity index (χ1) is 9.61. The van der Waals surface area contributed by atoms with Crippen LogP contribution in [-0.4, -0.2) is 39.1 Å². The molecule has 0 unspecified atom stereocenters. The fourth-order valence-corrected chi connectivity index (χ4v) is 2.42. The minimum atomic E-state index is -0.863. The fourth-order valence-electron chi connectivity index (χ4n) is 1.94. The molecule has 106 valence electrons. The fraction of sp³-hybridized carbons (Fsp3) is 0.357. The van der Waals surface area contributed by atoms with Gasteiger partial charge in [0.1, 0.15) is 18.2 Å². The van der Waals surface area contributed by atoms with Gasteiger partial charge in [-0.15, -0.1) is 0 Å². The third kappa shape index (κ3) is 3.39. The third-order valence-electron chi connectivity index (χ3n) is 3.01. The van der Waals surface area contributed by atoms with Gasteiger partial charge in [0.15, 0.2) is 0 Å². The van der Waals surface area contributed by atoms with E-state index in [1.165, 1.54) is 6.33 Å². The van der Waals surface area contributed by atoms with Gasteiger partial charge in [0.2, 0.25) is 0 Å². The van der Waals surface area contributed by atoms with Crippen LogP contribution in [0.5, 0.6) is 0 Å². The van der Waals surface area contributed by atoms with Crippen molar-refractivity contribution in [2.24, 2.45) is 0 Å². The number of carboxylic acids is 1. The highest BCUT2D eigenvalue weighted by atomic mass is 32.2. The van der Waals surface area contributed by atoms with Gasteiger partial charge in [0.05, 0.1) is 5.52 Å². The number of rotatable bonds is 6. The molecule has 1 aromatic carbocycles. The van der Waals surface area contributed by atoms with Crippen LogP contribution >= 0.6 is 11.8 Å². The Balaban J connectivity index is 2.31. The van der Waals surface area contributed by atoms with Crippen molar-refractivity contribution in [2.75, 3.05) is 17.3 Å². The summed E-state index contributed by atoms with van der Waals surface area (Å²) < 4.78 is 0. The minimum Gasteiger partial charge on any atom is -0.480 e. The monoisotopic (exact) mass is 291 g/mol. The summed E-state index contributed by atoms with van der Waals surface area (Å²) in [5.41, 5.74) is 1.90. The molecule has 0 spiro atoms. The van der Waals surface area contributed by atoms with Crippen LogP contribution in [-0.2, 0) is 4.79 Å². The highest BCUT2D eigenvalue weighted by Gasteiger charge is 2.18. The largest absolute Gasteiger partial charge is 0.480 e. The van der Waals surface area contributed by atoms with Gasteiger partial charge in [0.25, 0.3) is 0 Å². The number of aryl methyl sites for hydroxylation is 1. The van der Waals surface area contributed by atoms with E-state index in [1.54, 1.807) is 11.8 Å². The second-order valence-electron chi connectivity index (χ2n) is 4.56. The maximum Gasteiger partial charge on any atom is 0.326 e. The second kappa shape index (κ2) is 6.56. The summed E-state index contributed by atoms with van der Waals surface area (Å²) in [6, 6.07) is 5.21. The number of aliphatic carboxylic acids is 1. The Hall–Kier alpha value is -1.82. The van der Waals surface area contributed by atoms with Crippen molar-refractivity contribution in [1.82, 2.24) is 9.97 Å². The zero-order valence-corrected chi connectivity index (χ0v) is 12.3. The topological polar surface area (TPSA) is 75.1 Å². The van der Waals surface area contributed by atoms with Crippen molar-refractivity contribution < 1.29 is 9.90 Å². The van der Waals surface area contributed by atoms with Crippen LogP contribution in [0.4, 0.5) is 5.82 Å². The van der Waals surface area contributed by atoms with E-state index in [2.05, 4.69) is 15.3 Å². The van der Waals surface area contributed by atoms with Gasteiger partial charge in [0, 0.05) is 5.39 Å². The van der Waals surface area contributed by atoms with Gasteiger partial charge >= 0.3 is 5.97 Å². The average molecular weight is 291 g/mol. The van der Waals surface area contributed by atoms with E-state index in [1.807, 2.05) is 31.4 Å². The molecule has 0 saturated carbocycles. The standard InChI is InChI=1S/C14H17N3O2S/c1-9-3-4-11-10(7-9)13(16-8-15-11)17-12(14(18)19)5-6-20-2/h3-4,7-8,12H,5-6H2,1-2H3,(H,18,19)(H,15,16,17)/t12-/m0/s1. The first-order valence-corrected chi connectivity index (χ1v) is 7.71. The number of anilines is 1. The summed E-state index contributed by atoms with van der Waals surface area (Å²) >= 11 is 1.63. The van der Waals surface area contributed by atoms with Gasteiger partial charge < -0.3 is 10.4 Å². The Bertz CT molecular complexity index is 618. The number of nitrogens with zero attached hydrogens (tertiary/aromatic N) is 2. The lowest BCUT2D eigenvalue weighted by atomic mass is 10.1. The molecule has 20 heavy (non-hydrogen) atoms. The second-order valence-corrected chi connectivity index (χ2v) is 5.55. The van der Waals surface area contributed by atoms with Gasteiger partial charge in [-0.25, -0.2) is 14.8 Å². The molecule has 0 amide bonds. The number of nitrogens with one attached hydrogen (secondary N) is 1. The van der Waals surface area contributed by atoms with Crippen molar-refractivity contribution in [1.29, 1.82) is 0 Å². The lowest BCUT2D eigenvalue weighted by Crippen LogP contribution is -2.30. The van der Waals surface area contributed by atoms with Crippen molar-refractivity contribution in [3.8, 4) is 0 Å². The number of benzene rings is 1. The van der Waals surface area contributed by atoms with Crippen molar-refractivity contribution >= 4 is 34.5 Å². The molecule has 2 aromatic rings. The molecule has 5 nitrogen and oxygen atoms in total. The lowest BCUT2D eigenvalue weighted by Gasteiger charge is -2.15. The Morgan fingerprint density at radius 3 is 2.95 bits per heavy atom. The van der Waals surface area contributed by atoms with E-state index in [0.29, 0.717) is 12.2 Å². The van der Waals surface area contributed by atoms with E-state index in [0.717, 1.165) is 22.2 Å². The van der Waals surface area contributed by atoms with Gasteiger partial charge in [-0.3, -0.25) is 0 Å². The molecule has 2 N–H and O–H groups in total. The molecule has 0 saturated heterocycles. The summed E-state index contributed by atoms with van der Waals surface area (Å²) in [6.45, 7) is 1.98. The van der Waals surface area contributed by atoms with Gasteiger partial charge in [-0.2, -0.15) is 11.8 Å². The van der Waals surface area contributed by atoms with Crippen LogP contribution in [0.3, 0.4) is 0 Å². The summed E-state index contributed by atoms with van der Waals surface area (Å²) in [5, 5.41) is 13.1. The van der Waals surface area contributed by atoms with E-state index < -0.39 is 12.0 Å². The van der Waals surface area contributed by atoms with Crippen LogP contribution in [0.2, 0.25) is 0 Å². The quantitative estimate of drug-likeness (QED) is 0.852. The van der Waals surface area contributed by atoms with Crippen LogP contribution < -0.4 is 5.32 Å². The summed E-state index contributed by atoms with van der Waals surface area (Å²) in [4.78, 5) is 19.7. The minimum absolute atomic E-state index is 0.549. The van der Waals surface area contributed by atoms with Gasteiger partial charge in [-0.05, 0) is 37.5 Å². The molecule has 0 fully saturated rings. The summed E-state index contributed by atoms with van der Waals surface area (Å²) in [6.07, 6.45) is 3.96. The molecule has 1 aromatic heterocycles. The maximum absolute atomic E-state index is 11.3. The molecule has 6 heteroatoms. The lowest BCUT2D eigenvalue weighted by molar-refractivity contribution is -0.137. The average Bonchev–Trinajstić information content (AvgIpc) is 2.43. The number of hydrogen-bond donors (Lipinski definition) is 2. The molecule has 0 aliphatic heterocycles. The van der Waals surface area contributed by atoms with E-state index in [4.69, 9.17) is 0 Å². The molecule has 1 atom stereocenters. The Morgan fingerprint density at radius 2 is 2.25 bits per heavy atom. The zero-order chi connectivity index (χ0) is 14.5. The predicted octanol–water partition coefficient (Wildman–Crippen LogP) is 2.56. The summed E-state index contributed by atoms with van der Waals surface area (Å²) in [7, 11) is 0. The van der Waals surface area contributed by atoms with Crippen LogP contribution in [0, 0.1) is 6.92 Å². The molecule has 0 radical (unpaired) electrons. The SMILES string of the molecule is CSCC[C@H](Nc1ncnc2ccc(C)cc12)C(=O)O. The smallest absolute Gasteiger partial charge is 0.326 e. The number of carboxylic acid groups (broad SMARTS) is 1. The number of thioether (sulfide) groups is 1. The van der Waals surface area contributed by atoms with Crippen molar-refractivity contribution in [2.45, 2.75) is 19.4 Å². The van der Waals surface area contributed by atoms with Gasteiger partial charge in [-0.1, -0.05) is 11.6 Å². The molecule has 2 rings (SSSR count). The van der Waals surface area contributed by atoms with Crippen LogP contribution in [0.25, 0.3) is 10.9 Å². The molecular formula is C14H17N3O2S. The molecule has 1 heterocycles. The first-order valence-electron chi connectivity index (χ1n) is 6.31. The molecule has 0 bridgehead atoms. The maximum atomic E-state index is 11.3. The summed E-state index contributed by atoms with van der Waals surface area (Å²) in [5.74, 6) is 0.497. The van der Waals surface area contributed by atoms with E-state index >= 15 is 0 Å². The van der Waals surface area contributed by atoms with Crippen LogP contribution in [0.1, 0.15) is 12.0 Å². The van der Waals surface area contributed by atoms with Crippen molar-refractivity contribution in [3.63, 3.8) is 0 Å². The highest BCUT2D eigenvalue weighted by molar-refractivity contribution is 7.98. The number of hydrogen-bond acceptors (Lipinski definition) is 5. The Morgan fingerprint density at radius 1 is 1.45 bits per heavy atom. The Labute approximate surface area is 121 Å². The predicted molar refractivity (Wildman–Crippen MR) is 82.3 cm³/mol. The highest BCUT2D eigenvalue weighted by Crippen LogP contribution is 2.21. The Kier molecular flexibility index (Phi) is 4.79. The number of carbonyl (C=O) groups is 1. The molecule has 0 aliphatic rings. The molecule has 0 aliphatic carbocycles. The van der Waals surface area contributed by atoms with E-state index in [9.17, 15) is 9.90 Å².